The van der Waals surface area contributed by atoms with E-state index in [-0.39, 0.29) is 0 Å². The Balaban J connectivity index is 1.67. The zero-order valence-electron chi connectivity index (χ0n) is 18.5. The van der Waals surface area contributed by atoms with Gasteiger partial charge in [0.05, 0.1) is 10.8 Å². The molecule has 4 nitrogen and oxygen atoms in total. The zero-order chi connectivity index (χ0) is 22.7. The van der Waals surface area contributed by atoms with E-state index in [1.54, 1.807) is 0 Å². The van der Waals surface area contributed by atoms with Gasteiger partial charge >= 0.3 is 11.9 Å². The van der Waals surface area contributed by atoms with Crippen LogP contribution >= 0.6 is 11.8 Å². The van der Waals surface area contributed by atoms with Crippen molar-refractivity contribution in [2.24, 2.45) is 0 Å². The predicted molar refractivity (Wildman–Crippen MR) is 128 cm³/mol. The topological polar surface area (TPSA) is 74.6 Å². The fraction of sp³-hybridized carbons (Fsp3) is 0.462. The van der Waals surface area contributed by atoms with E-state index < -0.39 is 22.8 Å². The first-order chi connectivity index (χ1) is 14.8. The second-order valence-electron chi connectivity index (χ2n) is 8.53. The van der Waals surface area contributed by atoms with Crippen molar-refractivity contribution in [2.45, 2.75) is 63.2 Å². The first kappa shape index (κ1) is 25.0. The van der Waals surface area contributed by atoms with Crippen LogP contribution in [0.4, 0.5) is 0 Å². The first-order valence-corrected chi connectivity index (χ1v) is 12.1. The van der Waals surface area contributed by atoms with Crippen molar-refractivity contribution in [1.82, 2.24) is 0 Å². The van der Waals surface area contributed by atoms with Crippen LogP contribution in [0.3, 0.4) is 0 Å². The number of benzene rings is 2. The largest absolute Gasteiger partial charge is 0.481 e. The van der Waals surface area contributed by atoms with Crippen molar-refractivity contribution in [1.29, 1.82) is 0 Å². The molecule has 0 aromatic heterocycles. The second kappa shape index (κ2) is 11.9. The molecule has 0 bridgehead atoms. The zero-order valence-corrected chi connectivity index (χ0v) is 19.4. The highest BCUT2D eigenvalue weighted by Gasteiger charge is 2.35. The Morgan fingerprint density at radius 2 is 1.03 bits per heavy atom. The summed E-state index contributed by atoms with van der Waals surface area (Å²) in [4.78, 5) is 23.7. The van der Waals surface area contributed by atoms with Gasteiger partial charge < -0.3 is 10.2 Å². The van der Waals surface area contributed by atoms with Crippen LogP contribution in [0.2, 0.25) is 0 Å². The lowest BCUT2D eigenvalue weighted by Gasteiger charge is -2.25. The van der Waals surface area contributed by atoms with Crippen molar-refractivity contribution in [3.8, 4) is 0 Å². The minimum absolute atomic E-state index is 0.626. The Bertz CT molecular complexity index is 754. The summed E-state index contributed by atoms with van der Waals surface area (Å²) in [5.41, 5.74) is 0.0278. The van der Waals surface area contributed by atoms with Gasteiger partial charge in [0.15, 0.2) is 0 Å². The lowest BCUT2D eigenvalue weighted by atomic mass is 9.78. The molecule has 168 valence electrons. The van der Waals surface area contributed by atoms with Crippen LogP contribution in [0.25, 0.3) is 0 Å². The molecule has 1 unspecified atom stereocenters. The van der Waals surface area contributed by atoms with E-state index in [1.165, 1.54) is 0 Å². The third-order valence-corrected chi connectivity index (χ3v) is 7.35. The van der Waals surface area contributed by atoms with Gasteiger partial charge in [-0.05, 0) is 62.2 Å². The third-order valence-electron chi connectivity index (χ3n) is 6.20. The molecule has 0 aliphatic rings. The Labute approximate surface area is 190 Å². The summed E-state index contributed by atoms with van der Waals surface area (Å²) < 4.78 is 0. The fourth-order valence-corrected chi connectivity index (χ4v) is 4.85. The molecule has 2 aromatic carbocycles. The van der Waals surface area contributed by atoms with Crippen molar-refractivity contribution in [3.63, 3.8) is 0 Å². The smallest absolute Gasteiger partial charge is 0.313 e. The van der Waals surface area contributed by atoms with E-state index in [0.717, 1.165) is 48.3 Å². The van der Waals surface area contributed by atoms with Gasteiger partial charge in [-0.3, -0.25) is 9.59 Å². The Morgan fingerprint density at radius 3 is 1.35 bits per heavy atom. The quantitative estimate of drug-likeness (QED) is 0.344. The van der Waals surface area contributed by atoms with Crippen LogP contribution in [0, 0.1) is 0 Å². The monoisotopic (exact) mass is 442 g/mol. The number of rotatable bonds is 14. The summed E-state index contributed by atoms with van der Waals surface area (Å²) in [7, 11) is 0. The number of carbonyl (C=O) groups is 2. The van der Waals surface area contributed by atoms with E-state index in [4.69, 9.17) is 0 Å². The fourth-order valence-electron chi connectivity index (χ4n) is 3.83. The van der Waals surface area contributed by atoms with Crippen LogP contribution in [-0.4, -0.2) is 33.7 Å². The summed E-state index contributed by atoms with van der Waals surface area (Å²) in [6.45, 7) is 3.62. The summed E-state index contributed by atoms with van der Waals surface area (Å²) in [5.74, 6) is 0.455. The van der Waals surface area contributed by atoms with Gasteiger partial charge in [0.2, 0.25) is 0 Å². The number of hydrogen-bond acceptors (Lipinski definition) is 3. The van der Waals surface area contributed by atoms with Gasteiger partial charge in [-0.1, -0.05) is 73.5 Å². The molecule has 2 atom stereocenters. The molecule has 2 rings (SSSR count). The molecule has 0 aliphatic heterocycles. The van der Waals surface area contributed by atoms with Gasteiger partial charge in [-0.25, -0.2) is 0 Å². The van der Waals surface area contributed by atoms with E-state index in [1.807, 2.05) is 86.3 Å². The molecule has 31 heavy (non-hydrogen) atoms. The van der Waals surface area contributed by atoms with Gasteiger partial charge in [-0.2, -0.15) is 11.8 Å². The molecule has 0 radical (unpaired) electrons. The Morgan fingerprint density at radius 1 is 0.677 bits per heavy atom. The summed E-state index contributed by atoms with van der Waals surface area (Å²) >= 11 is 1.87. The molecular weight excluding hydrogens is 408 g/mol. The second-order valence-corrected chi connectivity index (χ2v) is 9.76. The lowest BCUT2D eigenvalue weighted by Crippen LogP contribution is -2.32. The minimum atomic E-state index is -0.843. The molecule has 2 aromatic rings. The highest BCUT2D eigenvalue weighted by Crippen LogP contribution is 2.31. The molecule has 0 spiro atoms. The van der Waals surface area contributed by atoms with Crippen LogP contribution in [0.5, 0.6) is 0 Å². The van der Waals surface area contributed by atoms with Crippen molar-refractivity contribution in [3.05, 3.63) is 71.8 Å². The third kappa shape index (κ3) is 6.86. The summed E-state index contributed by atoms with van der Waals surface area (Å²) in [5, 5.41) is 19.5. The molecule has 5 heteroatoms. The average Bonchev–Trinajstić information content (AvgIpc) is 2.78. The maximum atomic E-state index is 11.8. The van der Waals surface area contributed by atoms with Crippen molar-refractivity contribution >= 4 is 23.7 Å². The highest BCUT2D eigenvalue weighted by molar-refractivity contribution is 7.99. The summed E-state index contributed by atoms with van der Waals surface area (Å²) in [6.07, 6.45) is 4.96. The molecule has 0 heterocycles. The van der Waals surface area contributed by atoms with Crippen LogP contribution in [-0.2, 0) is 20.4 Å². The molecule has 0 aliphatic carbocycles. The predicted octanol–water partition coefficient (Wildman–Crippen LogP) is 6.15. The molecule has 2 N–H and O–H groups in total. The number of carboxylic acid groups (broad SMARTS) is 2. The normalized spacial score (nSPS) is 15.0. The number of unbranched alkanes of at least 4 members (excludes halogenated alkanes) is 2. The number of thioether (sulfide) groups is 1. The lowest BCUT2D eigenvalue weighted by molar-refractivity contribution is -0.144. The van der Waals surface area contributed by atoms with Crippen molar-refractivity contribution < 1.29 is 19.8 Å². The van der Waals surface area contributed by atoms with E-state index in [0.29, 0.717) is 12.8 Å². The van der Waals surface area contributed by atoms with Crippen LogP contribution in [0.1, 0.15) is 63.5 Å². The van der Waals surface area contributed by atoms with Crippen LogP contribution < -0.4 is 0 Å². The minimum Gasteiger partial charge on any atom is -0.481 e. The van der Waals surface area contributed by atoms with E-state index in [9.17, 15) is 19.8 Å². The van der Waals surface area contributed by atoms with Crippen molar-refractivity contribution in [2.75, 3.05) is 11.5 Å². The maximum Gasteiger partial charge on any atom is 0.313 e. The van der Waals surface area contributed by atoms with Crippen LogP contribution in [0.15, 0.2) is 60.7 Å². The molecule has 0 fully saturated rings. The van der Waals surface area contributed by atoms with E-state index >= 15 is 0 Å². The van der Waals surface area contributed by atoms with Gasteiger partial charge in [0.1, 0.15) is 0 Å². The number of carboxylic acids is 2. The summed E-state index contributed by atoms with van der Waals surface area (Å²) in [6, 6.07) is 18.9. The Kier molecular flexibility index (Phi) is 9.63. The molecule has 0 amide bonds. The molecular formula is C26H34O4S. The van der Waals surface area contributed by atoms with Gasteiger partial charge in [-0.15, -0.1) is 0 Å². The maximum absolute atomic E-state index is 11.8. The van der Waals surface area contributed by atoms with Gasteiger partial charge in [0, 0.05) is 0 Å². The molecule has 0 saturated carbocycles. The van der Waals surface area contributed by atoms with Gasteiger partial charge in [0.25, 0.3) is 0 Å². The first-order valence-electron chi connectivity index (χ1n) is 11.0. The Hall–Kier alpha value is -2.27. The SMILES string of the molecule is CC(CCCCSCCCC[C@@](C)(C(=O)O)c1ccccc1)(C(=O)O)c1ccccc1. The molecule has 0 saturated heterocycles. The number of hydrogen-bond donors (Lipinski definition) is 2. The average molecular weight is 443 g/mol. The highest BCUT2D eigenvalue weighted by atomic mass is 32.2. The number of aliphatic carboxylic acids is 2. The van der Waals surface area contributed by atoms with E-state index in [2.05, 4.69) is 0 Å². The standard InChI is InChI=1S/C26H34O4S/c1-25(23(27)28,21-13-5-3-6-14-21)17-9-11-19-31-20-12-10-18-26(2,24(29)30)22-15-7-4-8-16-22/h3-8,13-16H,9-12,17-20H2,1-2H3,(H,27,28)(H,29,30)/t25-,26?/m1/s1.